The molecule has 0 aliphatic carbocycles. The number of benzene rings is 2. The van der Waals surface area contributed by atoms with Gasteiger partial charge in [0.2, 0.25) is 0 Å². The number of nitrogens with zero attached hydrogens (tertiary/aromatic N) is 3. The first-order valence-corrected chi connectivity index (χ1v) is 13.1. The minimum Gasteiger partial charge on any atom is -0.377 e. The summed E-state index contributed by atoms with van der Waals surface area (Å²) in [5.74, 6) is -4.26. The van der Waals surface area contributed by atoms with Crippen LogP contribution in [0.5, 0.6) is 0 Å². The van der Waals surface area contributed by atoms with Crippen LogP contribution in [0.3, 0.4) is 0 Å². The minimum absolute atomic E-state index is 0.198. The quantitative estimate of drug-likeness (QED) is 0.246. The summed E-state index contributed by atoms with van der Waals surface area (Å²) < 4.78 is 40.0. The largest absolute Gasteiger partial charge is 0.377 e. The van der Waals surface area contributed by atoms with Crippen molar-refractivity contribution in [3.63, 3.8) is 0 Å². The van der Waals surface area contributed by atoms with E-state index in [1.54, 1.807) is 6.20 Å². The molecule has 196 valence electrons. The van der Waals surface area contributed by atoms with Crippen molar-refractivity contribution in [2.75, 3.05) is 32.7 Å². The van der Waals surface area contributed by atoms with E-state index in [-0.39, 0.29) is 5.56 Å². The summed E-state index contributed by atoms with van der Waals surface area (Å²) in [6, 6.07) is 10.4. The molecule has 1 N–H and O–H groups in total. The molecule has 0 unspecified atom stereocenters. The number of para-hydroxylation sites is 1. The Morgan fingerprint density at radius 2 is 1.70 bits per heavy atom. The van der Waals surface area contributed by atoms with Crippen LogP contribution in [0.25, 0.3) is 10.9 Å². The van der Waals surface area contributed by atoms with Gasteiger partial charge in [0.25, 0.3) is 0 Å². The molecule has 5 nitrogen and oxygen atoms in total. The molecule has 0 bridgehead atoms. The van der Waals surface area contributed by atoms with Gasteiger partial charge in [0.15, 0.2) is 23.2 Å². The van der Waals surface area contributed by atoms with Crippen molar-refractivity contribution < 1.29 is 18.0 Å². The van der Waals surface area contributed by atoms with Gasteiger partial charge in [0.1, 0.15) is 0 Å². The topological polar surface area (TPSA) is 42.6 Å². The van der Waals surface area contributed by atoms with E-state index in [2.05, 4.69) is 57.3 Å². The summed E-state index contributed by atoms with van der Waals surface area (Å²) in [7, 11) is 0. The molecule has 2 saturated heterocycles. The van der Waals surface area contributed by atoms with Crippen LogP contribution in [0.2, 0.25) is 0 Å². The molecule has 8 heteroatoms. The Labute approximate surface area is 215 Å². The van der Waals surface area contributed by atoms with E-state index < -0.39 is 23.2 Å². The molecule has 37 heavy (non-hydrogen) atoms. The second-order valence-corrected chi connectivity index (χ2v) is 9.97. The Balaban J connectivity index is 1.13. The normalized spacial score (nSPS) is 18.5. The van der Waals surface area contributed by atoms with E-state index in [1.807, 2.05) is 0 Å². The summed E-state index contributed by atoms with van der Waals surface area (Å²) in [5.41, 5.74) is 2.43. The number of piperidine rings is 2. The van der Waals surface area contributed by atoms with Crippen molar-refractivity contribution in [1.29, 1.82) is 0 Å². The van der Waals surface area contributed by atoms with E-state index in [0.717, 1.165) is 70.5 Å². The number of halogens is 3. The van der Waals surface area contributed by atoms with Crippen molar-refractivity contribution >= 4 is 16.7 Å². The number of aromatic amines is 1. The maximum atomic E-state index is 13.4. The molecule has 2 aliphatic heterocycles. The third-order valence-corrected chi connectivity index (χ3v) is 7.85. The van der Waals surface area contributed by atoms with E-state index in [1.165, 1.54) is 22.5 Å². The molecule has 5 rings (SSSR count). The van der Waals surface area contributed by atoms with Gasteiger partial charge in [-0.05, 0) is 55.4 Å². The number of carbonyl (C=O) groups excluding carboxylic acids is 1. The molecule has 0 saturated carbocycles. The van der Waals surface area contributed by atoms with Gasteiger partial charge in [-0.25, -0.2) is 23.2 Å². The number of carbonyl (C=O) groups is 1. The number of aromatic nitrogens is 1. The number of ketones is 1. The predicted molar refractivity (Wildman–Crippen MR) is 139 cm³/mol. The Morgan fingerprint density at radius 1 is 1.03 bits per heavy atom. The highest BCUT2D eigenvalue weighted by Crippen LogP contribution is 2.34. The fraction of sp³-hybridized carbons (Fsp3) is 0.414. The number of rotatable bonds is 7. The highest BCUT2D eigenvalue weighted by atomic mass is 19.2. The second-order valence-electron chi connectivity index (χ2n) is 9.97. The smallest absolute Gasteiger partial charge is 0.194 e. The summed E-state index contributed by atoms with van der Waals surface area (Å²) in [5, 5.41) is 6.37. The van der Waals surface area contributed by atoms with Gasteiger partial charge in [0, 0.05) is 73.7 Å². The van der Waals surface area contributed by atoms with Crippen LogP contribution in [-0.2, 0) is 0 Å². The lowest BCUT2D eigenvalue weighted by Gasteiger charge is -2.46. The summed E-state index contributed by atoms with van der Waals surface area (Å²) >= 11 is 0. The Bertz CT molecular complexity index is 1250. The zero-order chi connectivity index (χ0) is 25.9. The third kappa shape index (κ3) is 5.45. The van der Waals surface area contributed by atoms with Crippen LogP contribution in [0, 0.1) is 17.5 Å². The molecular formula is C29H33F3N4O. The number of hydrogen-bond acceptors (Lipinski definition) is 4. The van der Waals surface area contributed by atoms with Crippen molar-refractivity contribution in [3.05, 3.63) is 83.4 Å². The fourth-order valence-corrected chi connectivity index (χ4v) is 5.85. The SMILES string of the molecule is CCN(C1CCN(C=CC(=O)c2cc(F)c(F)c(F)c2)CC1)N1CCC(c2c[nH]c3ccccc23)CC1. The van der Waals surface area contributed by atoms with Gasteiger partial charge in [-0.2, -0.15) is 0 Å². The third-order valence-electron chi connectivity index (χ3n) is 7.85. The highest BCUT2D eigenvalue weighted by Gasteiger charge is 2.30. The van der Waals surface area contributed by atoms with Crippen LogP contribution in [0.15, 0.2) is 54.9 Å². The minimum atomic E-state index is -1.56. The number of fused-ring (bicyclic) bond motifs is 1. The highest BCUT2D eigenvalue weighted by molar-refractivity contribution is 6.04. The lowest BCUT2D eigenvalue weighted by molar-refractivity contribution is -0.0840. The molecular weight excluding hydrogens is 477 g/mol. The molecule has 0 radical (unpaired) electrons. The van der Waals surface area contributed by atoms with Crippen LogP contribution < -0.4 is 0 Å². The van der Waals surface area contributed by atoms with Crippen molar-refractivity contribution in [2.24, 2.45) is 0 Å². The monoisotopic (exact) mass is 510 g/mol. The first kappa shape index (κ1) is 25.5. The molecule has 1 aromatic heterocycles. The average Bonchev–Trinajstić information content (AvgIpc) is 3.36. The van der Waals surface area contributed by atoms with Gasteiger partial charge < -0.3 is 9.88 Å². The number of allylic oxidation sites excluding steroid dienone is 1. The number of H-pyrrole nitrogens is 1. The van der Waals surface area contributed by atoms with E-state index in [4.69, 9.17) is 0 Å². The van der Waals surface area contributed by atoms with E-state index >= 15 is 0 Å². The summed E-state index contributed by atoms with van der Waals surface area (Å²) in [6.07, 6.45) is 9.36. The zero-order valence-electron chi connectivity index (χ0n) is 21.1. The van der Waals surface area contributed by atoms with Crippen molar-refractivity contribution in [3.8, 4) is 0 Å². The maximum Gasteiger partial charge on any atom is 0.194 e. The molecule has 0 spiro atoms. The first-order valence-electron chi connectivity index (χ1n) is 13.1. The standard InChI is InChI=1S/C29H33F3N4O/c1-2-36(35-15-7-20(8-16-35)24-19-33-27-6-4-3-5-23(24)27)22-9-12-34(13-10-22)14-11-28(37)21-17-25(30)29(32)26(31)18-21/h3-6,11,14,17-20,22,33H,2,7-10,12-13,15-16H2,1H3. The summed E-state index contributed by atoms with van der Waals surface area (Å²) in [6.45, 7) is 6.83. The van der Waals surface area contributed by atoms with Gasteiger partial charge in [-0.3, -0.25) is 4.79 Å². The number of nitrogens with one attached hydrogen (secondary N) is 1. The summed E-state index contributed by atoms with van der Waals surface area (Å²) in [4.78, 5) is 17.8. The van der Waals surface area contributed by atoms with Crippen molar-refractivity contribution in [1.82, 2.24) is 19.9 Å². The van der Waals surface area contributed by atoms with Crippen molar-refractivity contribution in [2.45, 2.75) is 44.6 Å². The second kappa shape index (κ2) is 11.1. The van der Waals surface area contributed by atoms with Gasteiger partial charge in [0.05, 0.1) is 0 Å². The van der Waals surface area contributed by atoms with Crippen LogP contribution in [0.1, 0.15) is 54.4 Å². The molecule has 2 fully saturated rings. The Morgan fingerprint density at radius 3 is 2.38 bits per heavy atom. The molecule has 2 aliphatic rings. The Kier molecular flexibility index (Phi) is 7.67. The lowest BCUT2D eigenvalue weighted by Crippen LogP contribution is -2.54. The maximum absolute atomic E-state index is 13.4. The average molecular weight is 511 g/mol. The number of hydrazine groups is 1. The lowest BCUT2D eigenvalue weighted by atomic mass is 9.89. The fourth-order valence-electron chi connectivity index (χ4n) is 5.85. The molecule has 2 aromatic carbocycles. The molecule has 3 aromatic rings. The zero-order valence-corrected chi connectivity index (χ0v) is 21.1. The van der Waals surface area contributed by atoms with Gasteiger partial charge >= 0.3 is 0 Å². The first-order chi connectivity index (χ1) is 17.9. The van der Waals surface area contributed by atoms with Crippen LogP contribution in [-0.4, -0.2) is 64.5 Å². The van der Waals surface area contributed by atoms with E-state index in [9.17, 15) is 18.0 Å². The molecule has 3 heterocycles. The number of hydrogen-bond donors (Lipinski definition) is 1. The number of likely N-dealkylation sites (tertiary alicyclic amines) is 1. The molecule has 0 amide bonds. The van der Waals surface area contributed by atoms with Gasteiger partial charge in [-0.15, -0.1) is 0 Å². The van der Waals surface area contributed by atoms with Crippen LogP contribution >= 0.6 is 0 Å². The molecule has 0 atom stereocenters. The van der Waals surface area contributed by atoms with Gasteiger partial charge in [-0.1, -0.05) is 25.1 Å². The van der Waals surface area contributed by atoms with E-state index in [0.29, 0.717) is 12.0 Å². The predicted octanol–water partition coefficient (Wildman–Crippen LogP) is 5.86. The Hall–Kier alpha value is -3.10. The van der Waals surface area contributed by atoms with Crippen LogP contribution in [0.4, 0.5) is 13.2 Å².